The van der Waals surface area contributed by atoms with Crippen molar-refractivity contribution in [2.75, 3.05) is 12.0 Å². The van der Waals surface area contributed by atoms with Crippen molar-refractivity contribution in [1.29, 1.82) is 0 Å². The van der Waals surface area contributed by atoms with Gasteiger partial charge in [0.05, 0.1) is 21.2 Å². The Hall–Kier alpha value is -2.12. The maximum atomic E-state index is 13.2. The van der Waals surface area contributed by atoms with Gasteiger partial charge in [-0.05, 0) is 69.7 Å². The lowest BCUT2D eigenvalue weighted by molar-refractivity contribution is 0.684. The SMILES string of the molecule is CCS(=O)c1c(-c2nc3cc(SC)ccn3c2C)nn2c(C)c(C)c(C)c(C)c12. The summed E-state index contributed by atoms with van der Waals surface area (Å²) in [5, 5.41) is 4.96. The Bertz CT molecular complexity index is 1300. The average molecular weight is 427 g/mol. The molecular formula is C22H26N4OS2. The minimum Gasteiger partial charge on any atom is -0.304 e. The first-order valence-corrected chi connectivity index (χ1v) is 12.2. The van der Waals surface area contributed by atoms with E-state index < -0.39 is 10.8 Å². The van der Waals surface area contributed by atoms with Gasteiger partial charge in [-0.15, -0.1) is 11.8 Å². The van der Waals surface area contributed by atoms with Gasteiger partial charge in [-0.1, -0.05) is 6.92 Å². The summed E-state index contributed by atoms with van der Waals surface area (Å²) in [7, 11) is -1.15. The maximum absolute atomic E-state index is 13.2. The highest BCUT2D eigenvalue weighted by molar-refractivity contribution is 7.98. The van der Waals surface area contributed by atoms with Crippen molar-refractivity contribution < 1.29 is 4.21 Å². The molecule has 29 heavy (non-hydrogen) atoms. The molecule has 7 heteroatoms. The number of thioether (sulfide) groups is 1. The van der Waals surface area contributed by atoms with Gasteiger partial charge in [-0.25, -0.2) is 9.50 Å². The van der Waals surface area contributed by atoms with Gasteiger partial charge in [0.15, 0.2) is 0 Å². The largest absolute Gasteiger partial charge is 0.304 e. The molecule has 0 bridgehead atoms. The van der Waals surface area contributed by atoms with Crippen LogP contribution in [0, 0.1) is 34.6 Å². The monoisotopic (exact) mass is 426 g/mol. The zero-order chi connectivity index (χ0) is 21.0. The van der Waals surface area contributed by atoms with Crippen LogP contribution in [-0.4, -0.2) is 35.2 Å². The lowest BCUT2D eigenvalue weighted by atomic mass is 10.0. The number of nitrogens with zero attached hydrogens (tertiary/aromatic N) is 4. The van der Waals surface area contributed by atoms with Gasteiger partial charge >= 0.3 is 0 Å². The van der Waals surface area contributed by atoms with Crippen LogP contribution in [0.15, 0.2) is 28.1 Å². The van der Waals surface area contributed by atoms with Crippen LogP contribution in [0.2, 0.25) is 0 Å². The summed E-state index contributed by atoms with van der Waals surface area (Å²) in [4.78, 5) is 6.87. The highest BCUT2D eigenvalue weighted by Crippen LogP contribution is 2.35. The number of rotatable bonds is 4. The third kappa shape index (κ3) is 2.94. The summed E-state index contributed by atoms with van der Waals surface area (Å²) in [5.41, 5.74) is 9.05. The molecule has 5 nitrogen and oxygen atoms in total. The molecule has 1 unspecified atom stereocenters. The summed E-state index contributed by atoms with van der Waals surface area (Å²) in [5.74, 6) is 0.544. The predicted molar refractivity (Wildman–Crippen MR) is 122 cm³/mol. The van der Waals surface area contributed by atoms with Crippen LogP contribution in [0.5, 0.6) is 0 Å². The Morgan fingerprint density at radius 2 is 1.76 bits per heavy atom. The second-order valence-electron chi connectivity index (χ2n) is 7.37. The topological polar surface area (TPSA) is 51.7 Å². The van der Waals surface area contributed by atoms with Crippen LogP contribution < -0.4 is 0 Å². The first-order valence-electron chi connectivity index (χ1n) is 9.70. The second kappa shape index (κ2) is 7.29. The zero-order valence-electron chi connectivity index (χ0n) is 18.0. The van der Waals surface area contributed by atoms with Crippen molar-refractivity contribution in [3.8, 4) is 11.4 Å². The molecule has 4 aromatic heterocycles. The van der Waals surface area contributed by atoms with Crippen molar-refractivity contribution in [2.45, 2.75) is 51.3 Å². The van der Waals surface area contributed by atoms with Gasteiger partial charge in [0.25, 0.3) is 0 Å². The van der Waals surface area contributed by atoms with E-state index >= 15 is 0 Å². The van der Waals surface area contributed by atoms with Gasteiger partial charge in [-0.3, -0.25) is 4.21 Å². The molecule has 0 fully saturated rings. The number of hydrogen-bond donors (Lipinski definition) is 0. The highest BCUT2D eigenvalue weighted by Gasteiger charge is 2.26. The first-order chi connectivity index (χ1) is 13.8. The number of aryl methyl sites for hydroxylation is 3. The number of aromatic nitrogens is 4. The smallest absolute Gasteiger partial charge is 0.138 e. The van der Waals surface area contributed by atoms with E-state index in [9.17, 15) is 4.21 Å². The molecule has 0 radical (unpaired) electrons. The Kier molecular flexibility index (Phi) is 5.07. The number of pyridine rings is 2. The Labute approximate surface area is 178 Å². The Balaban J connectivity index is 2.13. The maximum Gasteiger partial charge on any atom is 0.138 e. The van der Waals surface area contributed by atoms with E-state index in [1.807, 2.05) is 24.6 Å². The van der Waals surface area contributed by atoms with Crippen LogP contribution in [-0.2, 0) is 10.8 Å². The second-order valence-corrected chi connectivity index (χ2v) is 9.93. The average Bonchev–Trinajstić information content (AvgIpc) is 3.28. The van der Waals surface area contributed by atoms with Crippen molar-refractivity contribution in [3.63, 3.8) is 0 Å². The lowest BCUT2D eigenvalue weighted by Crippen LogP contribution is -2.03. The fourth-order valence-corrected chi connectivity index (χ4v) is 5.40. The fourth-order valence-electron chi connectivity index (χ4n) is 3.88. The lowest BCUT2D eigenvalue weighted by Gasteiger charge is -2.12. The summed E-state index contributed by atoms with van der Waals surface area (Å²) >= 11 is 1.70. The third-order valence-electron chi connectivity index (χ3n) is 5.97. The molecule has 0 saturated carbocycles. The molecule has 152 valence electrons. The molecule has 4 aromatic rings. The molecule has 0 aliphatic rings. The molecule has 1 atom stereocenters. The Morgan fingerprint density at radius 3 is 2.41 bits per heavy atom. The first kappa shape index (κ1) is 20.2. The molecule has 0 N–H and O–H groups in total. The van der Waals surface area contributed by atoms with Crippen molar-refractivity contribution in [2.24, 2.45) is 0 Å². The van der Waals surface area contributed by atoms with E-state index in [1.165, 1.54) is 16.0 Å². The van der Waals surface area contributed by atoms with E-state index in [1.54, 1.807) is 11.8 Å². The van der Waals surface area contributed by atoms with Gasteiger partial charge in [-0.2, -0.15) is 5.10 Å². The minimum atomic E-state index is -1.15. The molecule has 0 amide bonds. The van der Waals surface area contributed by atoms with E-state index in [-0.39, 0.29) is 0 Å². The fraction of sp³-hybridized carbons (Fsp3) is 0.364. The summed E-state index contributed by atoms with van der Waals surface area (Å²) in [6.07, 6.45) is 4.10. The van der Waals surface area contributed by atoms with Crippen molar-refractivity contribution in [3.05, 3.63) is 46.4 Å². The molecule has 0 aromatic carbocycles. The van der Waals surface area contributed by atoms with Crippen molar-refractivity contribution in [1.82, 2.24) is 19.0 Å². The van der Waals surface area contributed by atoms with Gasteiger partial charge in [0.1, 0.15) is 17.0 Å². The zero-order valence-corrected chi connectivity index (χ0v) is 19.6. The number of fused-ring (bicyclic) bond motifs is 2. The molecule has 0 spiro atoms. The van der Waals surface area contributed by atoms with E-state index in [0.717, 1.165) is 44.4 Å². The molecule has 4 heterocycles. The number of hydrogen-bond acceptors (Lipinski definition) is 4. The van der Waals surface area contributed by atoms with Crippen LogP contribution in [0.25, 0.3) is 22.6 Å². The standard InChI is InChI=1S/C22H26N4OS2/c1-8-29(27)22-20(24-26-15(5)13(3)12(2)14(4)21(22)26)19-16(6)25-10-9-17(28-7)11-18(25)23-19/h9-11H,8H2,1-7H3. The van der Waals surface area contributed by atoms with Gasteiger partial charge in [0.2, 0.25) is 0 Å². The van der Waals surface area contributed by atoms with Gasteiger partial charge < -0.3 is 4.40 Å². The quantitative estimate of drug-likeness (QED) is 0.429. The van der Waals surface area contributed by atoms with Gasteiger partial charge in [0, 0.05) is 28.2 Å². The van der Waals surface area contributed by atoms with Crippen LogP contribution >= 0.6 is 11.8 Å². The summed E-state index contributed by atoms with van der Waals surface area (Å²) in [6.45, 7) is 12.4. The summed E-state index contributed by atoms with van der Waals surface area (Å²) in [6, 6.07) is 4.17. The normalized spacial score (nSPS) is 12.9. The van der Waals surface area contributed by atoms with E-state index in [4.69, 9.17) is 10.1 Å². The van der Waals surface area contributed by atoms with Crippen molar-refractivity contribution >= 4 is 33.7 Å². The van der Waals surface area contributed by atoms with Crippen LogP contribution in [0.3, 0.4) is 0 Å². The molecule has 0 saturated heterocycles. The molecule has 0 aliphatic heterocycles. The summed E-state index contributed by atoms with van der Waals surface area (Å²) < 4.78 is 17.2. The number of imidazole rings is 1. The highest BCUT2D eigenvalue weighted by atomic mass is 32.2. The minimum absolute atomic E-state index is 0.544. The van der Waals surface area contributed by atoms with Crippen LogP contribution in [0.4, 0.5) is 0 Å². The Morgan fingerprint density at radius 1 is 1.03 bits per heavy atom. The van der Waals surface area contributed by atoms with E-state index in [0.29, 0.717) is 5.75 Å². The predicted octanol–water partition coefficient (Wildman–Crippen LogP) is 5.04. The third-order valence-corrected chi connectivity index (χ3v) is 8.06. The molecule has 0 aliphatic carbocycles. The molecule has 4 rings (SSSR count). The molecular weight excluding hydrogens is 400 g/mol. The van der Waals surface area contributed by atoms with E-state index in [2.05, 4.69) is 50.5 Å². The van der Waals surface area contributed by atoms with Crippen LogP contribution in [0.1, 0.15) is 35.0 Å².